The lowest BCUT2D eigenvalue weighted by atomic mass is 9.99. The van der Waals surface area contributed by atoms with Crippen LogP contribution in [0.4, 0.5) is 0 Å². The van der Waals surface area contributed by atoms with Gasteiger partial charge in [-0.25, -0.2) is 9.13 Å². The maximum Gasteiger partial charge on any atom is 0.472 e. The number of unbranched alkanes of at least 4 members (excludes halogenated alkanes) is 49. The Bertz CT molecular complexity index is 2080. The van der Waals surface area contributed by atoms with Gasteiger partial charge in [0.2, 0.25) is 0 Å². The van der Waals surface area contributed by atoms with Gasteiger partial charge in [-0.05, 0) is 49.4 Å². The van der Waals surface area contributed by atoms with Gasteiger partial charge in [0.15, 0.2) is 12.2 Å². The van der Waals surface area contributed by atoms with Crippen LogP contribution in [0.1, 0.15) is 460 Å². The number of carbonyl (C=O) groups is 4. The number of phosphoric acid groups is 2. The molecule has 0 aliphatic rings. The Balaban J connectivity index is 5.21. The third-order valence-corrected chi connectivity index (χ3v) is 23.2. The highest BCUT2D eigenvalue weighted by atomic mass is 31.2. The second-order valence-corrected chi connectivity index (χ2v) is 36.0. The molecule has 107 heavy (non-hydrogen) atoms. The topological polar surface area (TPSA) is 237 Å². The summed E-state index contributed by atoms with van der Waals surface area (Å²) in [5.74, 6) is 1.11. The van der Waals surface area contributed by atoms with Crippen LogP contribution in [0.25, 0.3) is 0 Å². The molecule has 17 nitrogen and oxygen atoms in total. The molecular formula is C88H172O17P2. The summed E-state index contributed by atoms with van der Waals surface area (Å²) in [6, 6.07) is 0. The van der Waals surface area contributed by atoms with Crippen molar-refractivity contribution in [3.05, 3.63) is 0 Å². The molecule has 3 N–H and O–H groups in total. The molecule has 0 amide bonds. The lowest BCUT2D eigenvalue weighted by Crippen LogP contribution is -2.30. The monoisotopic (exact) mass is 1560 g/mol. The quantitative estimate of drug-likeness (QED) is 0.0222. The summed E-state index contributed by atoms with van der Waals surface area (Å²) in [6.07, 6.45) is 66.7. The molecular weight excluding hydrogens is 1390 g/mol. The molecule has 636 valence electrons. The summed E-state index contributed by atoms with van der Waals surface area (Å²) in [5.41, 5.74) is 0. The SMILES string of the molecule is CCC(C)CCCCCCCCCCCCCCCCCCCCC(=O)O[C@H](COC(=O)CCCCCCCCCC(C)C)COP(=O)(O)OCC(O)COP(=O)(O)OC[C@@H](COC(=O)CCCCCCCCCCCCCCCCC(C)CC)OC(=O)CCCCCCCCCCCCCCCCC(C)C. The van der Waals surface area contributed by atoms with Gasteiger partial charge in [0.1, 0.15) is 19.3 Å². The summed E-state index contributed by atoms with van der Waals surface area (Å²) in [6.45, 7) is 14.4. The molecule has 0 aromatic rings. The molecule has 0 heterocycles. The van der Waals surface area contributed by atoms with Gasteiger partial charge in [0.25, 0.3) is 0 Å². The van der Waals surface area contributed by atoms with Gasteiger partial charge < -0.3 is 33.8 Å². The molecule has 19 heteroatoms. The summed E-state index contributed by atoms with van der Waals surface area (Å²) >= 11 is 0. The van der Waals surface area contributed by atoms with Crippen LogP contribution in [0.3, 0.4) is 0 Å². The first kappa shape index (κ1) is 105. The van der Waals surface area contributed by atoms with E-state index in [0.29, 0.717) is 31.6 Å². The van der Waals surface area contributed by atoms with Crippen LogP contribution in [-0.4, -0.2) is 96.7 Å². The van der Waals surface area contributed by atoms with E-state index in [4.69, 9.17) is 37.0 Å². The van der Waals surface area contributed by atoms with Crippen LogP contribution in [0.15, 0.2) is 0 Å². The van der Waals surface area contributed by atoms with Gasteiger partial charge in [-0.1, -0.05) is 409 Å². The highest BCUT2D eigenvalue weighted by Gasteiger charge is 2.31. The molecule has 0 saturated heterocycles. The van der Waals surface area contributed by atoms with E-state index >= 15 is 0 Å². The zero-order valence-electron chi connectivity index (χ0n) is 70.8. The summed E-state index contributed by atoms with van der Waals surface area (Å²) < 4.78 is 68.9. The Morgan fingerprint density at radius 1 is 0.262 bits per heavy atom. The van der Waals surface area contributed by atoms with E-state index in [1.54, 1.807) is 0 Å². The van der Waals surface area contributed by atoms with Crippen molar-refractivity contribution < 1.29 is 80.2 Å². The van der Waals surface area contributed by atoms with Crippen LogP contribution < -0.4 is 0 Å². The van der Waals surface area contributed by atoms with E-state index in [2.05, 4.69) is 55.4 Å². The van der Waals surface area contributed by atoms with Crippen molar-refractivity contribution in [1.29, 1.82) is 0 Å². The van der Waals surface area contributed by atoms with Crippen molar-refractivity contribution >= 4 is 39.5 Å². The van der Waals surface area contributed by atoms with Crippen LogP contribution in [0.2, 0.25) is 0 Å². The van der Waals surface area contributed by atoms with E-state index in [1.165, 1.54) is 257 Å². The second kappa shape index (κ2) is 76.7. The first-order valence-corrected chi connectivity index (χ1v) is 48.3. The third kappa shape index (κ3) is 79.1. The lowest BCUT2D eigenvalue weighted by molar-refractivity contribution is -0.161. The van der Waals surface area contributed by atoms with Gasteiger partial charge in [-0.15, -0.1) is 0 Å². The second-order valence-electron chi connectivity index (χ2n) is 33.1. The fourth-order valence-corrected chi connectivity index (χ4v) is 15.2. The van der Waals surface area contributed by atoms with Crippen molar-refractivity contribution in [2.75, 3.05) is 39.6 Å². The minimum Gasteiger partial charge on any atom is -0.462 e. The highest BCUT2D eigenvalue weighted by Crippen LogP contribution is 2.45. The highest BCUT2D eigenvalue weighted by molar-refractivity contribution is 7.47. The average Bonchev–Trinajstić information content (AvgIpc) is 0.899. The maximum atomic E-state index is 13.1. The molecule has 0 aromatic heterocycles. The number of ether oxygens (including phenoxy) is 4. The van der Waals surface area contributed by atoms with Crippen LogP contribution in [-0.2, 0) is 65.4 Å². The molecule has 0 radical (unpaired) electrons. The average molecular weight is 1560 g/mol. The van der Waals surface area contributed by atoms with Gasteiger partial charge >= 0.3 is 39.5 Å². The number of hydrogen-bond acceptors (Lipinski definition) is 15. The number of aliphatic hydroxyl groups is 1. The van der Waals surface area contributed by atoms with Gasteiger partial charge in [0.05, 0.1) is 26.4 Å². The molecule has 0 fully saturated rings. The number of hydrogen-bond donors (Lipinski definition) is 3. The lowest BCUT2D eigenvalue weighted by Gasteiger charge is -2.21. The Morgan fingerprint density at radius 3 is 0.664 bits per heavy atom. The fraction of sp³-hybridized carbons (Fsp3) is 0.955. The fourth-order valence-electron chi connectivity index (χ4n) is 13.6. The zero-order valence-corrected chi connectivity index (χ0v) is 72.6. The Morgan fingerprint density at radius 2 is 0.449 bits per heavy atom. The standard InChI is InChI=1S/C88H172O17P2/c1-9-80(7)66-58-50-42-34-28-22-15-13-11-12-14-16-25-31-37-45-54-62-70-88(93)105-84(75-99-86(91)69-61-53-47-39-41-49-57-65-79(5)6)77-103-107(96,97)101-73-82(89)72-100-106(94,95)102-76-83(104-87(92)71-63-55-46-38-32-26-19-17-21-27-33-40-48-56-64-78(3)4)74-98-85(90)68-60-52-44-36-30-24-20-18-23-29-35-43-51-59-67-81(8)10-2/h78-84,89H,9-77H2,1-8H3,(H,94,95)(H,96,97)/t80?,81?,82?,83-,84-/m1/s1. The zero-order chi connectivity index (χ0) is 78.8. The molecule has 0 bridgehead atoms. The Hall–Kier alpha value is -1.94. The molecule has 0 rings (SSSR count). The predicted molar refractivity (Wildman–Crippen MR) is 441 cm³/mol. The largest absolute Gasteiger partial charge is 0.472 e. The van der Waals surface area contributed by atoms with Crippen molar-refractivity contribution in [3.63, 3.8) is 0 Å². The first-order chi connectivity index (χ1) is 51.7. The normalized spacial score (nSPS) is 14.4. The van der Waals surface area contributed by atoms with Crippen molar-refractivity contribution in [2.45, 2.75) is 478 Å². The van der Waals surface area contributed by atoms with E-state index in [9.17, 15) is 43.2 Å². The number of esters is 4. The van der Waals surface area contributed by atoms with Crippen LogP contribution in [0, 0.1) is 23.7 Å². The number of carbonyl (C=O) groups excluding carboxylic acids is 4. The molecule has 0 aliphatic carbocycles. The number of aliphatic hydroxyl groups excluding tert-OH is 1. The maximum absolute atomic E-state index is 13.1. The molecule has 0 saturated carbocycles. The van der Waals surface area contributed by atoms with Crippen molar-refractivity contribution in [3.8, 4) is 0 Å². The van der Waals surface area contributed by atoms with E-state index in [1.807, 2.05) is 0 Å². The minimum absolute atomic E-state index is 0.107. The van der Waals surface area contributed by atoms with E-state index in [0.717, 1.165) is 114 Å². The molecule has 7 atom stereocenters. The van der Waals surface area contributed by atoms with Crippen molar-refractivity contribution in [1.82, 2.24) is 0 Å². The molecule has 0 aliphatic heterocycles. The Labute approximate surface area is 658 Å². The summed E-state index contributed by atoms with van der Waals surface area (Å²) in [7, 11) is -9.93. The minimum atomic E-state index is -4.97. The van der Waals surface area contributed by atoms with E-state index < -0.39 is 97.5 Å². The molecule has 0 aromatic carbocycles. The Kier molecular flexibility index (Phi) is 75.3. The smallest absolute Gasteiger partial charge is 0.462 e. The van der Waals surface area contributed by atoms with E-state index in [-0.39, 0.29) is 25.7 Å². The van der Waals surface area contributed by atoms with Gasteiger partial charge in [-0.2, -0.15) is 0 Å². The number of phosphoric ester groups is 2. The van der Waals surface area contributed by atoms with Gasteiger partial charge in [0, 0.05) is 25.7 Å². The first-order valence-electron chi connectivity index (χ1n) is 45.3. The molecule has 5 unspecified atom stereocenters. The van der Waals surface area contributed by atoms with Crippen LogP contribution >= 0.6 is 15.6 Å². The van der Waals surface area contributed by atoms with Crippen LogP contribution in [0.5, 0.6) is 0 Å². The summed E-state index contributed by atoms with van der Waals surface area (Å²) in [4.78, 5) is 73.3. The van der Waals surface area contributed by atoms with Gasteiger partial charge in [-0.3, -0.25) is 37.3 Å². The summed E-state index contributed by atoms with van der Waals surface area (Å²) in [5, 5.41) is 10.7. The number of rotatable bonds is 85. The van der Waals surface area contributed by atoms with Crippen molar-refractivity contribution in [2.24, 2.45) is 23.7 Å². The predicted octanol–water partition coefficient (Wildman–Crippen LogP) is 26.7. The molecule has 0 spiro atoms. The third-order valence-electron chi connectivity index (χ3n) is 21.3.